The molecule has 9 nitrogen and oxygen atoms in total. The van der Waals surface area contributed by atoms with Crippen LogP contribution in [0.3, 0.4) is 0 Å². The van der Waals surface area contributed by atoms with Gasteiger partial charge in [0.1, 0.15) is 11.4 Å². The standard InChI is InChI=1S/C22H24N6O3/c1-14(2)31-22-18(21(29)24-19-5-3-4-17-6-8-23-28(17)19)10-16-12-27(26-20(16)25-22)11-15-7-9-30-13-15/h3-6,8,10,12,14-15H,7,9,11,13H2,1-2H3,(H,24,29)/t15-/m0/s1. The molecule has 0 saturated carbocycles. The van der Waals surface area contributed by atoms with Gasteiger partial charge in [-0.2, -0.15) is 15.2 Å². The molecule has 4 aromatic rings. The molecule has 1 N–H and O–H groups in total. The average molecular weight is 420 g/mol. The highest BCUT2D eigenvalue weighted by Gasteiger charge is 2.21. The third-order valence-corrected chi connectivity index (χ3v) is 5.23. The predicted molar refractivity (Wildman–Crippen MR) is 115 cm³/mol. The van der Waals surface area contributed by atoms with Gasteiger partial charge in [0.25, 0.3) is 5.91 Å². The zero-order valence-electron chi connectivity index (χ0n) is 17.5. The van der Waals surface area contributed by atoms with Crippen molar-refractivity contribution < 1.29 is 14.3 Å². The normalized spacial score (nSPS) is 16.4. The summed E-state index contributed by atoms with van der Waals surface area (Å²) < 4.78 is 14.9. The van der Waals surface area contributed by atoms with Crippen molar-refractivity contribution in [3.63, 3.8) is 0 Å². The Balaban J connectivity index is 1.48. The van der Waals surface area contributed by atoms with Gasteiger partial charge >= 0.3 is 0 Å². The molecule has 1 atom stereocenters. The number of hydrogen-bond donors (Lipinski definition) is 1. The fourth-order valence-electron chi connectivity index (χ4n) is 3.78. The van der Waals surface area contributed by atoms with Crippen LogP contribution in [0.25, 0.3) is 16.6 Å². The monoisotopic (exact) mass is 420 g/mol. The van der Waals surface area contributed by atoms with E-state index >= 15 is 0 Å². The second kappa shape index (κ2) is 7.99. The zero-order valence-corrected chi connectivity index (χ0v) is 17.5. The van der Waals surface area contributed by atoms with E-state index in [1.165, 1.54) is 0 Å². The molecule has 5 heterocycles. The number of carbonyl (C=O) groups is 1. The SMILES string of the molecule is CC(C)Oc1nc2nn(C[C@@H]3CCOC3)cc2cc1C(=O)Nc1cccc2ccnn12. The number of fused-ring (bicyclic) bond motifs is 2. The minimum absolute atomic E-state index is 0.135. The maximum Gasteiger partial charge on any atom is 0.262 e. The third-order valence-electron chi connectivity index (χ3n) is 5.23. The first-order valence-electron chi connectivity index (χ1n) is 10.4. The Labute approximate surface area is 179 Å². The molecule has 1 amide bonds. The number of ether oxygens (including phenoxy) is 2. The van der Waals surface area contributed by atoms with Crippen molar-refractivity contribution in [3.05, 3.63) is 48.3 Å². The van der Waals surface area contributed by atoms with Crippen LogP contribution in [-0.4, -0.2) is 49.6 Å². The Morgan fingerprint density at radius 1 is 1.35 bits per heavy atom. The Morgan fingerprint density at radius 2 is 2.26 bits per heavy atom. The van der Waals surface area contributed by atoms with E-state index in [0.29, 0.717) is 22.9 Å². The van der Waals surface area contributed by atoms with Crippen LogP contribution in [0.2, 0.25) is 0 Å². The van der Waals surface area contributed by atoms with Gasteiger partial charge in [0.05, 0.1) is 24.4 Å². The summed E-state index contributed by atoms with van der Waals surface area (Å²) in [5.74, 6) is 0.963. The number of pyridine rings is 2. The van der Waals surface area contributed by atoms with Crippen molar-refractivity contribution in [3.8, 4) is 5.88 Å². The van der Waals surface area contributed by atoms with Gasteiger partial charge in [0.15, 0.2) is 5.65 Å². The van der Waals surface area contributed by atoms with Crippen molar-refractivity contribution >= 4 is 28.3 Å². The molecule has 1 aliphatic rings. The first kappa shape index (κ1) is 19.5. The lowest BCUT2D eigenvalue weighted by Crippen LogP contribution is -2.18. The number of aromatic nitrogens is 5. The minimum atomic E-state index is -0.315. The zero-order chi connectivity index (χ0) is 21.4. The molecule has 0 radical (unpaired) electrons. The Morgan fingerprint density at radius 3 is 3.06 bits per heavy atom. The van der Waals surface area contributed by atoms with E-state index in [9.17, 15) is 4.79 Å². The van der Waals surface area contributed by atoms with Crippen LogP contribution in [0.1, 0.15) is 30.6 Å². The fraction of sp³-hybridized carbons (Fsp3) is 0.364. The van der Waals surface area contributed by atoms with Crippen LogP contribution in [0.15, 0.2) is 42.7 Å². The maximum absolute atomic E-state index is 13.2. The summed E-state index contributed by atoms with van der Waals surface area (Å²) in [6, 6.07) is 9.26. The molecule has 0 unspecified atom stereocenters. The molecular weight excluding hydrogens is 396 g/mol. The topological polar surface area (TPSA) is 95.6 Å². The summed E-state index contributed by atoms with van der Waals surface area (Å²) in [5.41, 5.74) is 1.80. The van der Waals surface area contributed by atoms with Gasteiger partial charge in [0.2, 0.25) is 5.88 Å². The number of rotatable bonds is 6. The molecule has 160 valence electrons. The molecule has 9 heteroatoms. The smallest absolute Gasteiger partial charge is 0.262 e. The lowest BCUT2D eigenvalue weighted by molar-refractivity contribution is 0.101. The predicted octanol–water partition coefficient (Wildman–Crippen LogP) is 3.16. The van der Waals surface area contributed by atoms with Crippen molar-refractivity contribution in [1.82, 2.24) is 24.4 Å². The maximum atomic E-state index is 13.2. The van der Waals surface area contributed by atoms with Crippen LogP contribution >= 0.6 is 0 Å². The summed E-state index contributed by atoms with van der Waals surface area (Å²) in [7, 11) is 0. The third kappa shape index (κ3) is 3.96. The Hall–Kier alpha value is -3.46. The molecule has 0 aromatic carbocycles. The molecule has 31 heavy (non-hydrogen) atoms. The quantitative estimate of drug-likeness (QED) is 0.515. The van der Waals surface area contributed by atoms with Gasteiger partial charge in [0, 0.05) is 30.7 Å². The van der Waals surface area contributed by atoms with Crippen molar-refractivity contribution in [2.45, 2.75) is 32.9 Å². The molecule has 1 aliphatic heterocycles. The number of nitrogens with zero attached hydrogens (tertiary/aromatic N) is 5. The highest BCUT2D eigenvalue weighted by molar-refractivity contribution is 6.07. The van der Waals surface area contributed by atoms with Crippen LogP contribution in [0.4, 0.5) is 5.82 Å². The molecule has 1 fully saturated rings. The lowest BCUT2D eigenvalue weighted by atomic mass is 10.1. The van der Waals surface area contributed by atoms with Gasteiger partial charge in [-0.1, -0.05) is 6.07 Å². The fourth-order valence-corrected chi connectivity index (χ4v) is 3.78. The van der Waals surface area contributed by atoms with E-state index in [2.05, 4.69) is 20.5 Å². The van der Waals surface area contributed by atoms with Gasteiger partial charge in [-0.25, -0.2) is 4.52 Å². The number of anilines is 1. The number of amides is 1. The van der Waals surface area contributed by atoms with Crippen LogP contribution in [-0.2, 0) is 11.3 Å². The van der Waals surface area contributed by atoms with Gasteiger partial charge < -0.3 is 14.8 Å². The van der Waals surface area contributed by atoms with E-state index in [4.69, 9.17) is 9.47 Å². The van der Waals surface area contributed by atoms with Gasteiger partial charge in [-0.3, -0.25) is 9.48 Å². The van der Waals surface area contributed by atoms with Crippen LogP contribution in [0.5, 0.6) is 5.88 Å². The largest absolute Gasteiger partial charge is 0.474 e. The van der Waals surface area contributed by atoms with E-state index < -0.39 is 0 Å². The molecule has 0 aliphatic carbocycles. The minimum Gasteiger partial charge on any atom is -0.474 e. The molecular formula is C22H24N6O3. The van der Waals surface area contributed by atoms with Crippen LogP contribution < -0.4 is 10.1 Å². The van der Waals surface area contributed by atoms with Gasteiger partial charge in [-0.05, 0) is 44.5 Å². The van der Waals surface area contributed by atoms with Crippen molar-refractivity contribution in [2.24, 2.45) is 5.92 Å². The average Bonchev–Trinajstić information content (AvgIpc) is 3.47. The number of carbonyl (C=O) groups excluding carboxylic acids is 1. The second-order valence-corrected chi connectivity index (χ2v) is 8.03. The summed E-state index contributed by atoms with van der Waals surface area (Å²) in [6.07, 6.45) is 4.50. The molecule has 4 aromatic heterocycles. The summed E-state index contributed by atoms with van der Waals surface area (Å²) in [6.45, 7) is 6.11. The number of nitrogens with one attached hydrogen (secondary N) is 1. The van der Waals surface area contributed by atoms with Crippen LogP contribution in [0, 0.1) is 5.92 Å². The Bertz CT molecular complexity index is 1240. The van der Waals surface area contributed by atoms with Crippen molar-refractivity contribution in [1.29, 1.82) is 0 Å². The molecule has 0 bridgehead atoms. The van der Waals surface area contributed by atoms with Gasteiger partial charge in [-0.15, -0.1) is 0 Å². The first-order chi connectivity index (χ1) is 15.1. The summed E-state index contributed by atoms with van der Waals surface area (Å²) in [5, 5.41) is 12.6. The molecule has 1 saturated heterocycles. The van der Waals surface area contributed by atoms with Crippen molar-refractivity contribution in [2.75, 3.05) is 18.5 Å². The number of hydrogen-bond acceptors (Lipinski definition) is 6. The molecule has 5 rings (SSSR count). The first-order valence-corrected chi connectivity index (χ1v) is 10.4. The highest BCUT2D eigenvalue weighted by atomic mass is 16.5. The van der Waals surface area contributed by atoms with E-state index in [0.717, 1.165) is 37.1 Å². The second-order valence-electron chi connectivity index (χ2n) is 8.03. The highest BCUT2D eigenvalue weighted by Crippen LogP contribution is 2.25. The summed E-state index contributed by atoms with van der Waals surface area (Å²) in [4.78, 5) is 17.8. The lowest BCUT2D eigenvalue weighted by Gasteiger charge is -2.13. The van der Waals surface area contributed by atoms with E-state index in [-0.39, 0.29) is 17.9 Å². The summed E-state index contributed by atoms with van der Waals surface area (Å²) >= 11 is 0. The Kier molecular flexibility index (Phi) is 5.03. The van der Waals surface area contributed by atoms with E-state index in [1.54, 1.807) is 22.8 Å². The molecule has 0 spiro atoms. The van der Waals surface area contributed by atoms with E-state index in [1.807, 2.05) is 42.9 Å².